The summed E-state index contributed by atoms with van der Waals surface area (Å²) in [5.74, 6) is 0.762. The molecule has 2 aromatic rings. The largest absolute Gasteiger partial charge is 0.366 e. The Kier molecular flexibility index (Phi) is 9.51. The van der Waals surface area contributed by atoms with Gasteiger partial charge in [0.1, 0.15) is 0 Å². The van der Waals surface area contributed by atoms with Crippen molar-refractivity contribution < 1.29 is 4.79 Å². The van der Waals surface area contributed by atoms with Crippen LogP contribution >= 0.6 is 35.3 Å². The molecule has 2 rings (SSSR count). The SMILES string of the molecule is CCNC(=NCc1cccc(C(N)=O)c1)NCC(C)c1ccsc1.I. The van der Waals surface area contributed by atoms with Gasteiger partial charge in [-0.2, -0.15) is 11.3 Å². The van der Waals surface area contributed by atoms with E-state index in [4.69, 9.17) is 5.73 Å². The van der Waals surface area contributed by atoms with Crippen LogP contribution in [0, 0.1) is 0 Å². The zero-order valence-electron chi connectivity index (χ0n) is 14.5. The Morgan fingerprint density at radius 3 is 2.76 bits per heavy atom. The third kappa shape index (κ3) is 7.03. The monoisotopic (exact) mass is 472 g/mol. The zero-order valence-corrected chi connectivity index (χ0v) is 17.6. The normalized spacial score (nSPS) is 12.2. The average Bonchev–Trinajstić information content (AvgIpc) is 3.12. The van der Waals surface area contributed by atoms with E-state index >= 15 is 0 Å². The van der Waals surface area contributed by atoms with Gasteiger partial charge in [0, 0.05) is 18.7 Å². The molecule has 0 saturated carbocycles. The lowest BCUT2D eigenvalue weighted by molar-refractivity contribution is 0.1000. The number of nitrogens with zero attached hydrogens (tertiary/aromatic N) is 1. The number of guanidine groups is 1. The molecule has 0 aliphatic heterocycles. The van der Waals surface area contributed by atoms with Gasteiger partial charge in [0.2, 0.25) is 5.91 Å². The number of carbonyl (C=O) groups excluding carboxylic acids is 1. The smallest absolute Gasteiger partial charge is 0.248 e. The molecule has 7 heteroatoms. The first-order valence-corrected chi connectivity index (χ1v) is 8.97. The molecule has 1 amide bonds. The van der Waals surface area contributed by atoms with Crippen LogP contribution in [0.2, 0.25) is 0 Å². The zero-order chi connectivity index (χ0) is 17.4. The predicted molar refractivity (Wildman–Crippen MR) is 116 cm³/mol. The standard InChI is InChI=1S/C18H24N4OS.HI/c1-3-20-18(21-10-13(2)16-7-8-24-12-16)22-11-14-5-4-6-15(9-14)17(19)23;/h4-9,12-13H,3,10-11H2,1-2H3,(H2,19,23)(H2,20,21,22);1H. The van der Waals surface area contributed by atoms with Crippen LogP contribution in [-0.4, -0.2) is 25.0 Å². The van der Waals surface area contributed by atoms with Crippen LogP contribution < -0.4 is 16.4 Å². The summed E-state index contributed by atoms with van der Waals surface area (Å²) < 4.78 is 0. The Balaban J connectivity index is 0.00000312. The van der Waals surface area contributed by atoms with E-state index in [0.717, 1.165) is 24.6 Å². The van der Waals surface area contributed by atoms with E-state index in [1.165, 1.54) is 5.56 Å². The second kappa shape index (κ2) is 11.1. The van der Waals surface area contributed by atoms with Gasteiger partial charge in [-0.05, 0) is 52.9 Å². The lowest BCUT2D eigenvalue weighted by Gasteiger charge is -2.15. The van der Waals surface area contributed by atoms with E-state index in [0.29, 0.717) is 18.0 Å². The van der Waals surface area contributed by atoms with E-state index in [-0.39, 0.29) is 24.0 Å². The van der Waals surface area contributed by atoms with E-state index in [2.05, 4.69) is 39.4 Å². The third-order valence-corrected chi connectivity index (χ3v) is 4.36. The number of hydrogen-bond acceptors (Lipinski definition) is 3. The lowest BCUT2D eigenvalue weighted by atomic mass is 10.1. The number of primary amides is 1. The topological polar surface area (TPSA) is 79.5 Å². The highest BCUT2D eigenvalue weighted by Gasteiger charge is 2.07. The van der Waals surface area contributed by atoms with E-state index < -0.39 is 5.91 Å². The minimum atomic E-state index is -0.421. The number of halogens is 1. The minimum absolute atomic E-state index is 0. The van der Waals surface area contributed by atoms with Crippen LogP contribution in [0.25, 0.3) is 0 Å². The minimum Gasteiger partial charge on any atom is -0.366 e. The van der Waals surface area contributed by atoms with Gasteiger partial charge < -0.3 is 16.4 Å². The molecule has 0 spiro atoms. The Morgan fingerprint density at radius 1 is 1.32 bits per heavy atom. The highest BCUT2D eigenvalue weighted by atomic mass is 127. The van der Waals surface area contributed by atoms with Crippen molar-refractivity contribution in [2.24, 2.45) is 10.7 Å². The van der Waals surface area contributed by atoms with Crippen LogP contribution in [0.5, 0.6) is 0 Å². The van der Waals surface area contributed by atoms with E-state index in [1.807, 2.05) is 19.1 Å². The summed E-state index contributed by atoms with van der Waals surface area (Å²) in [6.07, 6.45) is 0. The fourth-order valence-corrected chi connectivity index (χ4v) is 3.04. The number of nitrogens with two attached hydrogens (primary N) is 1. The Bertz CT molecular complexity index is 688. The van der Waals surface area contributed by atoms with Gasteiger partial charge >= 0.3 is 0 Å². The van der Waals surface area contributed by atoms with Gasteiger partial charge in [-0.1, -0.05) is 19.1 Å². The molecule has 0 bridgehead atoms. The first kappa shape index (κ1) is 21.4. The second-order valence-corrected chi connectivity index (χ2v) is 6.38. The summed E-state index contributed by atoms with van der Waals surface area (Å²) in [6, 6.07) is 9.40. The number of carbonyl (C=O) groups is 1. The number of rotatable bonds is 7. The third-order valence-electron chi connectivity index (χ3n) is 3.66. The molecule has 25 heavy (non-hydrogen) atoms. The maximum Gasteiger partial charge on any atom is 0.248 e. The quantitative estimate of drug-likeness (QED) is 0.329. The molecule has 0 saturated heterocycles. The summed E-state index contributed by atoms with van der Waals surface area (Å²) >= 11 is 1.71. The van der Waals surface area contributed by atoms with Gasteiger partial charge in [0.05, 0.1) is 6.54 Å². The molecule has 4 N–H and O–H groups in total. The molecule has 1 heterocycles. The number of thiophene rings is 1. The molecular formula is C18H25IN4OS. The van der Waals surface area contributed by atoms with Crippen molar-refractivity contribution in [3.05, 3.63) is 57.8 Å². The van der Waals surface area contributed by atoms with Crippen molar-refractivity contribution in [3.63, 3.8) is 0 Å². The molecule has 136 valence electrons. The van der Waals surface area contributed by atoms with Crippen molar-refractivity contribution in [1.82, 2.24) is 10.6 Å². The van der Waals surface area contributed by atoms with Crippen LogP contribution in [0.4, 0.5) is 0 Å². The molecule has 0 aliphatic carbocycles. The fourth-order valence-electron chi connectivity index (χ4n) is 2.26. The molecule has 0 fully saturated rings. The highest BCUT2D eigenvalue weighted by Crippen LogP contribution is 2.17. The summed E-state index contributed by atoms with van der Waals surface area (Å²) in [4.78, 5) is 15.8. The fraction of sp³-hybridized carbons (Fsp3) is 0.333. The number of hydrogen-bond donors (Lipinski definition) is 3. The van der Waals surface area contributed by atoms with Crippen molar-refractivity contribution in [2.75, 3.05) is 13.1 Å². The highest BCUT2D eigenvalue weighted by molar-refractivity contribution is 14.0. The van der Waals surface area contributed by atoms with Gasteiger partial charge in [0.25, 0.3) is 0 Å². The molecule has 5 nitrogen and oxygen atoms in total. The first-order chi connectivity index (χ1) is 11.6. The van der Waals surface area contributed by atoms with Gasteiger partial charge in [-0.15, -0.1) is 24.0 Å². The average molecular weight is 472 g/mol. The summed E-state index contributed by atoms with van der Waals surface area (Å²) in [6.45, 7) is 6.31. The van der Waals surface area contributed by atoms with Crippen LogP contribution in [-0.2, 0) is 6.54 Å². The van der Waals surface area contributed by atoms with E-state index in [9.17, 15) is 4.79 Å². The van der Waals surface area contributed by atoms with Crippen LogP contribution in [0.1, 0.15) is 41.3 Å². The molecule has 1 atom stereocenters. The first-order valence-electron chi connectivity index (χ1n) is 8.03. The molecular weight excluding hydrogens is 447 g/mol. The molecule has 1 unspecified atom stereocenters. The molecule has 0 radical (unpaired) electrons. The van der Waals surface area contributed by atoms with Crippen molar-refractivity contribution in [2.45, 2.75) is 26.3 Å². The van der Waals surface area contributed by atoms with Crippen molar-refractivity contribution >= 4 is 47.2 Å². The number of benzene rings is 1. The van der Waals surface area contributed by atoms with Crippen LogP contribution in [0.3, 0.4) is 0 Å². The Hall–Kier alpha value is -1.61. The Morgan fingerprint density at radius 2 is 2.12 bits per heavy atom. The second-order valence-electron chi connectivity index (χ2n) is 5.60. The van der Waals surface area contributed by atoms with Gasteiger partial charge in [-0.3, -0.25) is 4.79 Å². The maximum absolute atomic E-state index is 11.2. The van der Waals surface area contributed by atoms with Gasteiger partial charge in [-0.25, -0.2) is 4.99 Å². The summed E-state index contributed by atoms with van der Waals surface area (Å²) in [5.41, 5.74) is 8.11. The summed E-state index contributed by atoms with van der Waals surface area (Å²) in [5, 5.41) is 10.9. The lowest BCUT2D eigenvalue weighted by Crippen LogP contribution is -2.39. The van der Waals surface area contributed by atoms with Crippen LogP contribution in [0.15, 0.2) is 46.1 Å². The summed E-state index contributed by atoms with van der Waals surface area (Å²) in [7, 11) is 0. The molecule has 1 aromatic heterocycles. The molecule has 1 aromatic carbocycles. The maximum atomic E-state index is 11.2. The number of nitrogens with one attached hydrogen (secondary N) is 2. The Labute approximate surface area is 170 Å². The number of amides is 1. The van der Waals surface area contributed by atoms with Gasteiger partial charge in [0.15, 0.2) is 5.96 Å². The van der Waals surface area contributed by atoms with E-state index in [1.54, 1.807) is 23.5 Å². The predicted octanol–water partition coefficient (Wildman–Crippen LogP) is 3.32. The van der Waals surface area contributed by atoms with Crippen molar-refractivity contribution in [3.8, 4) is 0 Å². The molecule has 0 aliphatic rings. The van der Waals surface area contributed by atoms with Crippen molar-refractivity contribution in [1.29, 1.82) is 0 Å². The number of aliphatic imine (C=N–C) groups is 1.